The summed E-state index contributed by atoms with van der Waals surface area (Å²) in [6.07, 6.45) is 8.32. The Morgan fingerprint density at radius 3 is 2.32 bits per heavy atom. The van der Waals surface area contributed by atoms with Gasteiger partial charge in [-0.15, -0.1) is 0 Å². The van der Waals surface area contributed by atoms with Gasteiger partial charge in [-0.3, -0.25) is 4.90 Å². The number of hydrogen-bond donors (Lipinski definition) is 1. The van der Waals surface area contributed by atoms with Crippen molar-refractivity contribution in [1.82, 2.24) is 10.2 Å². The molecule has 2 aliphatic heterocycles. The summed E-state index contributed by atoms with van der Waals surface area (Å²) in [6.45, 7) is 12.5. The molecule has 2 unspecified atom stereocenters. The van der Waals surface area contributed by atoms with E-state index in [1.54, 1.807) is 0 Å². The second-order valence-electron chi connectivity index (χ2n) is 8.92. The molecule has 2 heterocycles. The van der Waals surface area contributed by atoms with E-state index in [1.165, 1.54) is 51.6 Å². The normalized spacial score (nSPS) is 38.5. The van der Waals surface area contributed by atoms with Gasteiger partial charge < -0.3 is 5.32 Å². The van der Waals surface area contributed by atoms with Crippen LogP contribution in [0.2, 0.25) is 0 Å². The Kier molecular flexibility index (Phi) is 3.46. The first-order valence-electron chi connectivity index (χ1n) is 8.35. The third kappa shape index (κ3) is 3.00. The molecule has 2 saturated heterocycles. The van der Waals surface area contributed by atoms with E-state index in [2.05, 4.69) is 37.9 Å². The first-order valence-corrected chi connectivity index (χ1v) is 8.35. The summed E-state index contributed by atoms with van der Waals surface area (Å²) in [6, 6.07) is 2.37. The van der Waals surface area contributed by atoms with Crippen molar-refractivity contribution >= 4 is 0 Å². The van der Waals surface area contributed by atoms with Crippen LogP contribution in [0.1, 0.15) is 66.2 Å². The Labute approximate surface area is 119 Å². The second kappa shape index (κ2) is 4.73. The molecule has 0 amide bonds. The zero-order valence-electron chi connectivity index (χ0n) is 13.3. The number of hydrogen-bond acceptors (Lipinski definition) is 2. The van der Waals surface area contributed by atoms with Gasteiger partial charge in [0.2, 0.25) is 0 Å². The monoisotopic (exact) mass is 264 g/mol. The van der Waals surface area contributed by atoms with Crippen LogP contribution >= 0.6 is 0 Å². The Morgan fingerprint density at radius 2 is 1.63 bits per heavy atom. The maximum Gasteiger partial charge on any atom is 0.0250 e. The molecular weight excluding hydrogens is 232 g/mol. The van der Waals surface area contributed by atoms with Crippen LogP contribution in [0.4, 0.5) is 0 Å². The van der Waals surface area contributed by atoms with E-state index in [-0.39, 0.29) is 0 Å². The largest absolute Gasteiger partial charge is 0.310 e. The summed E-state index contributed by atoms with van der Waals surface area (Å²) in [5.41, 5.74) is 1.01. The molecule has 1 aliphatic carbocycles. The van der Waals surface area contributed by atoms with Crippen molar-refractivity contribution in [3.8, 4) is 0 Å². The molecule has 2 heteroatoms. The van der Waals surface area contributed by atoms with Crippen LogP contribution in [-0.2, 0) is 0 Å². The highest BCUT2D eigenvalue weighted by Crippen LogP contribution is 2.46. The zero-order valence-corrected chi connectivity index (χ0v) is 13.3. The first-order chi connectivity index (χ1) is 8.85. The number of nitrogens with one attached hydrogen (secondary N) is 1. The van der Waals surface area contributed by atoms with E-state index in [4.69, 9.17) is 0 Å². The molecule has 19 heavy (non-hydrogen) atoms. The van der Waals surface area contributed by atoms with Crippen molar-refractivity contribution in [3.63, 3.8) is 0 Å². The predicted octanol–water partition coefficient (Wildman–Crippen LogP) is 3.42. The SMILES string of the molecule is CC1(C)CC(NC2CCN3CCCC23)CC(C)(C)C1. The lowest BCUT2D eigenvalue weighted by atomic mass is 9.63. The van der Waals surface area contributed by atoms with Crippen LogP contribution in [0.5, 0.6) is 0 Å². The van der Waals surface area contributed by atoms with Gasteiger partial charge in [-0.05, 0) is 55.9 Å². The van der Waals surface area contributed by atoms with Gasteiger partial charge >= 0.3 is 0 Å². The van der Waals surface area contributed by atoms with Gasteiger partial charge in [-0.25, -0.2) is 0 Å². The van der Waals surface area contributed by atoms with Crippen LogP contribution in [0.15, 0.2) is 0 Å². The third-order valence-corrected chi connectivity index (χ3v) is 5.61. The van der Waals surface area contributed by atoms with Gasteiger partial charge in [0.1, 0.15) is 0 Å². The summed E-state index contributed by atoms with van der Waals surface area (Å²) in [5.74, 6) is 0. The molecule has 0 aromatic heterocycles. The highest BCUT2D eigenvalue weighted by molar-refractivity contribution is 4.99. The van der Waals surface area contributed by atoms with Crippen molar-refractivity contribution < 1.29 is 0 Å². The lowest BCUT2D eigenvalue weighted by Crippen LogP contribution is -2.50. The molecule has 3 fully saturated rings. The van der Waals surface area contributed by atoms with Gasteiger partial charge in [-0.2, -0.15) is 0 Å². The Hall–Kier alpha value is -0.0800. The van der Waals surface area contributed by atoms with Gasteiger partial charge in [0.05, 0.1) is 0 Å². The number of nitrogens with zero attached hydrogens (tertiary/aromatic N) is 1. The number of rotatable bonds is 2. The van der Waals surface area contributed by atoms with Gasteiger partial charge in [0, 0.05) is 24.7 Å². The van der Waals surface area contributed by atoms with Gasteiger partial charge in [-0.1, -0.05) is 27.7 Å². The molecule has 1 saturated carbocycles. The predicted molar refractivity (Wildman–Crippen MR) is 81.3 cm³/mol. The summed E-state index contributed by atoms with van der Waals surface area (Å²) in [4.78, 5) is 2.72. The maximum absolute atomic E-state index is 4.06. The smallest absolute Gasteiger partial charge is 0.0250 e. The summed E-state index contributed by atoms with van der Waals surface area (Å²) < 4.78 is 0. The van der Waals surface area contributed by atoms with E-state index in [9.17, 15) is 0 Å². The molecule has 0 radical (unpaired) electrons. The van der Waals surface area contributed by atoms with Gasteiger partial charge in [0.15, 0.2) is 0 Å². The third-order valence-electron chi connectivity index (χ3n) is 5.61. The minimum absolute atomic E-state index is 0.507. The van der Waals surface area contributed by atoms with Crippen molar-refractivity contribution in [2.24, 2.45) is 10.8 Å². The number of fused-ring (bicyclic) bond motifs is 1. The fourth-order valence-corrected chi connectivity index (χ4v) is 5.54. The molecule has 3 rings (SSSR count). The van der Waals surface area contributed by atoms with Crippen LogP contribution in [0.25, 0.3) is 0 Å². The lowest BCUT2D eigenvalue weighted by Gasteiger charge is -2.46. The Balaban J connectivity index is 1.63. The van der Waals surface area contributed by atoms with E-state index in [1.807, 2.05) is 0 Å². The molecule has 0 aromatic carbocycles. The summed E-state index contributed by atoms with van der Waals surface area (Å²) >= 11 is 0. The molecular formula is C17H32N2. The molecule has 2 atom stereocenters. The average Bonchev–Trinajstić information content (AvgIpc) is 2.77. The fourth-order valence-electron chi connectivity index (χ4n) is 5.54. The van der Waals surface area contributed by atoms with Gasteiger partial charge in [0.25, 0.3) is 0 Å². The standard InChI is InChI=1S/C17H32N2/c1-16(2)10-13(11-17(3,4)12-16)18-14-7-9-19-8-5-6-15(14)19/h13-15,18H,5-12H2,1-4H3. The Bertz CT molecular complexity index is 318. The van der Waals surface area contributed by atoms with E-state index in [0.29, 0.717) is 10.8 Å². The van der Waals surface area contributed by atoms with Crippen molar-refractivity contribution in [2.45, 2.75) is 84.3 Å². The van der Waals surface area contributed by atoms with E-state index in [0.717, 1.165) is 18.1 Å². The summed E-state index contributed by atoms with van der Waals surface area (Å²) in [7, 11) is 0. The minimum atomic E-state index is 0.507. The fraction of sp³-hybridized carbons (Fsp3) is 1.00. The Morgan fingerprint density at radius 1 is 0.947 bits per heavy atom. The van der Waals surface area contributed by atoms with Crippen LogP contribution in [-0.4, -0.2) is 36.1 Å². The quantitative estimate of drug-likeness (QED) is 0.822. The second-order valence-corrected chi connectivity index (χ2v) is 8.92. The highest BCUT2D eigenvalue weighted by atomic mass is 15.2. The lowest BCUT2D eigenvalue weighted by molar-refractivity contribution is 0.0782. The topological polar surface area (TPSA) is 15.3 Å². The van der Waals surface area contributed by atoms with Crippen molar-refractivity contribution in [1.29, 1.82) is 0 Å². The molecule has 2 nitrogen and oxygen atoms in total. The van der Waals surface area contributed by atoms with Crippen molar-refractivity contribution in [2.75, 3.05) is 13.1 Å². The zero-order chi connectivity index (χ0) is 13.7. The van der Waals surface area contributed by atoms with E-state index < -0.39 is 0 Å². The molecule has 0 bridgehead atoms. The molecule has 0 aromatic rings. The molecule has 3 aliphatic rings. The van der Waals surface area contributed by atoms with E-state index >= 15 is 0 Å². The highest BCUT2D eigenvalue weighted by Gasteiger charge is 2.42. The maximum atomic E-state index is 4.06. The minimum Gasteiger partial charge on any atom is -0.310 e. The summed E-state index contributed by atoms with van der Waals surface area (Å²) in [5, 5.41) is 4.06. The van der Waals surface area contributed by atoms with Crippen molar-refractivity contribution in [3.05, 3.63) is 0 Å². The molecule has 0 spiro atoms. The first kappa shape index (κ1) is 13.9. The van der Waals surface area contributed by atoms with Crippen LogP contribution in [0.3, 0.4) is 0 Å². The van der Waals surface area contributed by atoms with Crippen LogP contribution in [0, 0.1) is 10.8 Å². The molecule has 1 N–H and O–H groups in total. The van der Waals surface area contributed by atoms with Crippen LogP contribution < -0.4 is 5.32 Å². The molecule has 110 valence electrons. The average molecular weight is 264 g/mol.